The summed E-state index contributed by atoms with van der Waals surface area (Å²) < 4.78 is 41.9. The Morgan fingerprint density at radius 3 is 2.36 bits per heavy atom. The van der Waals surface area contributed by atoms with Crippen LogP contribution in [0.3, 0.4) is 0 Å². The molecule has 0 saturated heterocycles. The quantitative estimate of drug-likeness (QED) is 0.774. The number of halogens is 4. The summed E-state index contributed by atoms with van der Waals surface area (Å²) in [5, 5.41) is 0. The molecule has 1 aromatic rings. The fourth-order valence-corrected chi connectivity index (χ4v) is 1.95. The minimum Gasteiger partial charge on any atom is -0.496 e. The van der Waals surface area contributed by atoms with E-state index in [9.17, 15) is 13.2 Å². The normalized spacial score (nSPS) is 11.6. The molecule has 0 bridgehead atoms. The monoisotopic (exact) mass is 286 g/mol. The molecular weight excluding hydrogens is 281 g/mol. The van der Waals surface area contributed by atoms with E-state index in [0.29, 0.717) is 4.90 Å². The summed E-state index contributed by atoms with van der Waals surface area (Å²) in [5.41, 5.74) is -0.771. The second kappa shape index (κ2) is 4.02. The van der Waals surface area contributed by atoms with Gasteiger partial charge in [0.25, 0.3) is 0 Å². The number of ether oxygens (including phenoxy) is 1. The molecule has 0 radical (unpaired) electrons. The van der Waals surface area contributed by atoms with Gasteiger partial charge in [-0.2, -0.15) is 13.2 Å². The van der Waals surface area contributed by atoms with E-state index in [2.05, 4.69) is 28.6 Å². The van der Waals surface area contributed by atoms with Gasteiger partial charge in [-0.15, -0.1) is 12.6 Å². The van der Waals surface area contributed by atoms with E-state index in [4.69, 9.17) is 4.74 Å². The molecule has 0 aromatic heterocycles. The number of methoxy groups -OCH3 is 1. The van der Waals surface area contributed by atoms with Crippen molar-refractivity contribution < 1.29 is 17.9 Å². The maximum absolute atomic E-state index is 12.4. The van der Waals surface area contributed by atoms with E-state index in [0.717, 1.165) is 6.07 Å². The molecular formula is C8H6BrF3OS. The van der Waals surface area contributed by atoms with E-state index >= 15 is 0 Å². The Labute approximate surface area is 92.8 Å². The third-order valence-corrected chi connectivity index (χ3v) is 2.58. The van der Waals surface area contributed by atoms with Crippen LogP contribution in [0.15, 0.2) is 21.5 Å². The predicted octanol–water partition coefficient (Wildman–Crippen LogP) is 3.77. The third kappa shape index (κ3) is 2.36. The molecule has 0 saturated carbocycles. The lowest BCUT2D eigenvalue weighted by molar-refractivity contribution is -0.138. The van der Waals surface area contributed by atoms with Gasteiger partial charge in [0.15, 0.2) is 0 Å². The number of thiol groups is 1. The van der Waals surface area contributed by atoms with Crippen LogP contribution in [0.4, 0.5) is 13.2 Å². The van der Waals surface area contributed by atoms with Crippen LogP contribution in [-0.2, 0) is 6.18 Å². The van der Waals surface area contributed by atoms with Crippen molar-refractivity contribution in [3.63, 3.8) is 0 Å². The van der Waals surface area contributed by atoms with Crippen LogP contribution in [0, 0.1) is 0 Å². The maximum atomic E-state index is 12.4. The van der Waals surface area contributed by atoms with Gasteiger partial charge in [0.1, 0.15) is 5.75 Å². The van der Waals surface area contributed by atoms with Gasteiger partial charge in [-0.3, -0.25) is 0 Å². The first kappa shape index (κ1) is 11.7. The highest BCUT2D eigenvalue weighted by Crippen LogP contribution is 2.39. The average molecular weight is 287 g/mol. The molecule has 1 nitrogen and oxygen atoms in total. The minimum absolute atomic E-state index is 0.0456. The molecule has 14 heavy (non-hydrogen) atoms. The van der Waals surface area contributed by atoms with Crippen LogP contribution < -0.4 is 4.74 Å². The molecule has 0 N–H and O–H groups in total. The van der Waals surface area contributed by atoms with Gasteiger partial charge in [0.05, 0.1) is 12.7 Å². The predicted molar refractivity (Wildman–Crippen MR) is 52.9 cm³/mol. The number of benzene rings is 1. The van der Waals surface area contributed by atoms with E-state index in [1.54, 1.807) is 0 Å². The molecule has 6 heteroatoms. The third-order valence-electron chi connectivity index (χ3n) is 1.57. The number of hydrogen-bond acceptors (Lipinski definition) is 2. The topological polar surface area (TPSA) is 9.23 Å². The maximum Gasteiger partial charge on any atom is 0.417 e. The molecule has 0 aliphatic rings. The molecule has 0 fully saturated rings. The van der Waals surface area contributed by atoms with Crippen molar-refractivity contribution in [2.45, 2.75) is 11.1 Å². The Balaban J connectivity index is 3.32. The molecule has 1 rings (SSSR count). The van der Waals surface area contributed by atoms with Crippen LogP contribution in [0.2, 0.25) is 0 Å². The summed E-state index contributed by atoms with van der Waals surface area (Å²) >= 11 is 6.79. The smallest absolute Gasteiger partial charge is 0.417 e. The molecule has 0 amide bonds. The van der Waals surface area contributed by atoms with Gasteiger partial charge in [0.2, 0.25) is 0 Å². The Morgan fingerprint density at radius 1 is 1.36 bits per heavy atom. The summed E-state index contributed by atoms with van der Waals surface area (Å²) in [4.78, 5) is 0.354. The average Bonchev–Trinajstić information content (AvgIpc) is 2.02. The lowest BCUT2D eigenvalue weighted by Gasteiger charge is -2.12. The number of alkyl halides is 3. The lowest BCUT2D eigenvalue weighted by atomic mass is 10.2. The zero-order valence-corrected chi connectivity index (χ0v) is 9.50. The fraction of sp³-hybridized carbons (Fsp3) is 0.250. The molecule has 0 spiro atoms. The zero-order chi connectivity index (χ0) is 10.9. The van der Waals surface area contributed by atoms with Crippen molar-refractivity contribution in [1.82, 2.24) is 0 Å². The standard InChI is InChI=1S/C8H6BrF3OS/c1-13-6-2-4(8(10,11)12)5(9)3-7(6)14/h2-3,14H,1H3. The summed E-state index contributed by atoms with van der Waals surface area (Å²) in [7, 11) is 1.29. The van der Waals surface area contributed by atoms with Crippen molar-refractivity contribution in [2.24, 2.45) is 0 Å². The molecule has 1 aromatic carbocycles. The Morgan fingerprint density at radius 2 is 1.93 bits per heavy atom. The van der Waals surface area contributed by atoms with Crippen molar-refractivity contribution in [3.05, 3.63) is 22.2 Å². The van der Waals surface area contributed by atoms with E-state index in [1.165, 1.54) is 13.2 Å². The van der Waals surface area contributed by atoms with Gasteiger partial charge in [0, 0.05) is 9.37 Å². The van der Waals surface area contributed by atoms with Gasteiger partial charge in [-0.1, -0.05) is 15.9 Å². The largest absolute Gasteiger partial charge is 0.496 e. The highest BCUT2D eigenvalue weighted by atomic mass is 79.9. The Kier molecular flexibility index (Phi) is 3.36. The fourth-order valence-electron chi connectivity index (χ4n) is 0.924. The van der Waals surface area contributed by atoms with E-state index < -0.39 is 11.7 Å². The van der Waals surface area contributed by atoms with Crippen LogP contribution in [0.5, 0.6) is 5.75 Å². The van der Waals surface area contributed by atoms with E-state index in [1.807, 2.05) is 0 Å². The van der Waals surface area contributed by atoms with Crippen LogP contribution in [-0.4, -0.2) is 7.11 Å². The van der Waals surface area contributed by atoms with Gasteiger partial charge in [-0.25, -0.2) is 0 Å². The van der Waals surface area contributed by atoms with Crippen LogP contribution in [0.1, 0.15) is 5.56 Å². The Bertz CT molecular complexity index is 351. The SMILES string of the molecule is COc1cc(C(F)(F)F)c(Br)cc1S. The van der Waals surface area contributed by atoms with E-state index in [-0.39, 0.29) is 10.2 Å². The lowest BCUT2D eigenvalue weighted by Crippen LogP contribution is -2.06. The first-order chi connectivity index (χ1) is 6.36. The number of hydrogen-bond donors (Lipinski definition) is 1. The van der Waals surface area contributed by atoms with Crippen LogP contribution in [0.25, 0.3) is 0 Å². The van der Waals surface area contributed by atoms with Gasteiger partial charge < -0.3 is 4.74 Å². The van der Waals surface area contributed by atoms with Crippen molar-refractivity contribution in [1.29, 1.82) is 0 Å². The van der Waals surface area contributed by atoms with Crippen molar-refractivity contribution in [3.8, 4) is 5.75 Å². The molecule has 0 unspecified atom stereocenters. The zero-order valence-electron chi connectivity index (χ0n) is 7.02. The highest BCUT2D eigenvalue weighted by Gasteiger charge is 2.33. The van der Waals surface area contributed by atoms with Crippen molar-refractivity contribution >= 4 is 28.6 Å². The second-order valence-corrected chi connectivity index (χ2v) is 3.84. The van der Waals surface area contributed by atoms with Crippen molar-refractivity contribution in [2.75, 3.05) is 7.11 Å². The Hall–Kier alpha value is -0.360. The summed E-state index contributed by atoms with van der Waals surface area (Å²) in [6.45, 7) is 0. The molecule has 0 heterocycles. The molecule has 0 aliphatic carbocycles. The first-order valence-corrected chi connectivity index (χ1v) is 4.74. The summed E-state index contributed by atoms with van der Waals surface area (Å²) in [6, 6.07) is 2.16. The second-order valence-electron chi connectivity index (χ2n) is 2.50. The minimum atomic E-state index is -4.40. The number of rotatable bonds is 1. The summed E-state index contributed by atoms with van der Waals surface area (Å²) in [6.07, 6.45) is -4.40. The first-order valence-electron chi connectivity index (χ1n) is 3.50. The highest BCUT2D eigenvalue weighted by molar-refractivity contribution is 9.10. The van der Waals surface area contributed by atoms with Gasteiger partial charge in [-0.05, 0) is 12.1 Å². The van der Waals surface area contributed by atoms with Gasteiger partial charge >= 0.3 is 6.18 Å². The molecule has 0 atom stereocenters. The van der Waals surface area contributed by atoms with Crippen LogP contribution >= 0.6 is 28.6 Å². The summed E-state index contributed by atoms with van der Waals surface area (Å²) in [5.74, 6) is 0.101. The molecule has 78 valence electrons. The molecule has 0 aliphatic heterocycles.